The quantitative estimate of drug-likeness (QED) is 0.627. The number of hydrogen-bond acceptors (Lipinski definition) is 6. The first-order valence-electron chi connectivity index (χ1n) is 6.61. The van der Waals surface area contributed by atoms with E-state index in [0.29, 0.717) is 19.6 Å². The Morgan fingerprint density at radius 1 is 1.50 bits per heavy atom. The normalized spacial score (nSPS) is 19.0. The highest BCUT2D eigenvalue weighted by Crippen LogP contribution is 2.33. The summed E-state index contributed by atoms with van der Waals surface area (Å²) in [5, 5.41) is 14.2. The van der Waals surface area contributed by atoms with Crippen molar-refractivity contribution < 1.29 is 17.7 Å². The van der Waals surface area contributed by atoms with Crippen molar-refractivity contribution in [3.05, 3.63) is 28.1 Å². The van der Waals surface area contributed by atoms with E-state index in [9.17, 15) is 22.9 Å². The molecular formula is C12H17FN4O4S. The van der Waals surface area contributed by atoms with Gasteiger partial charge in [0.05, 0.1) is 22.9 Å². The SMILES string of the molecule is C[C@@H]1CN(c2cc(NS(C)(=O)=O)c([N+](=O)[O-])cc2F)CCN1. The molecule has 2 rings (SSSR count). The molecule has 1 fully saturated rings. The van der Waals surface area contributed by atoms with Crippen molar-refractivity contribution in [3.63, 3.8) is 0 Å². The second-order valence-electron chi connectivity index (χ2n) is 5.25. The largest absolute Gasteiger partial charge is 0.366 e. The number of nitro benzene ring substituents is 1. The number of nitrogens with one attached hydrogen (secondary N) is 2. The molecule has 0 bridgehead atoms. The van der Waals surface area contributed by atoms with Crippen LogP contribution in [0.1, 0.15) is 6.92 Å². The van der Waals surface area contributed by atoms with Gasteiger partial charge in [0, 0.05) is 25.7 Å². The molecule has 10 heteroatoms. The van der Waals surface area contributed by atoms with Gasteiger partial charge in [-0.1, -0.05) is 0 Å². The van der Waals surface area contributed by atoms with E-state index in [1.54, 1.807) is 4.90 Å². The van der Waals surface area contributed by atoms with E-state index in [4.69, 9.17) is 0 Å². The molecule has 1 aliphatic rings. The highest BCUT2D eigenvalue weighted by atomic mass is 32.2. The van der Waals surface area contributed by atoms with Crippen LogP contribution >= 0.6 is 0 Å². The van der Waals surface area contributed by atoms with Crippen LogP contribution in [0.15, 0.2) is 12.1 Å². The van der Waals surface area contributed by atoms with Gasteiger partial charge in [-0.05, 0) is 13.0 Å². The number of sulfonamides is 1. The number of nitrogens with zero attached hydrogens (tertiary/aromatic N) is 2. The van der Waals surface area contributed by atoms with Crippen molar-refractivity contribution in [2.45, 2.75) is 13.0 Å². The Labute approximate surface area is 127 Å². The zero-order chi connectivity index (χ0) is 16.5. The molecule has 0 aliphatic carbocycles. The average Bonchev–Trinajstić information content (AvgIpc) is 2.38. The zero-order valence-electron chi connectivity index (χ0n) is 12.2. The van der Waals surface area contributed by atoms with Gasteiger partial charge in [0.1, 0.15) is 5.69 Å². The Morgan fingerprint density at radius 2 is 2.18 bits per heavy atom. The van der Waals surface area contributed by atoms with Crippen molar-refractivity contribution in [1.82, 2.24) is 5.32 Å². The summed E-state index contributed by atoms with van der Waals surface area (Å²) in [5.74, 6) is -0.750. The summed E-state index contributed by atoms with van der Waals surface area (Å²) in [6, 6.07) is 2.05. The van der Waals surface area contributed by atoms with Crippen molar-refractivity contribution in [3.8, 4) is 0 Å². The third-order valence-corrected chi connectivity index (χ3v) is 3.86. The second kappa shape index (κ2) is 6.05. The molecule has 22 heavy (non-hydrogen) atoms. The molecule has 1 atom stereocenters. The number of piperazine rings is 1. The zero-order valence-corrected chi connectivity index (χ0v) is 13.0. The number of benzene rings is 1. The first-order chi connectivity index (χ1) is 10.2. The fourth-order valence-corrected chi connectivity index (χ4v) is 2.94. The molecule has 1 aromatic carbocycles. The summed E-state index contributed by atoms with van der Waals surface area (Å²) in [6.45, 7) is 3.63. The topological polar surface area (TPSA) is 105 Å². The first kappa shape index (κ1) is 16.4. The van der Waals surface area contributed by atoms with Crippen LogP contribution < -0.4 is 14.9 Å². The molecule has 0 saturated carbocycles. The Kier molecular flexibility index (Phi) is 4.52. The minimum absolute atomic E-state index is 0.134. The lowest BCUT2D eigenvalue weighted by Gasteiger charge is -2.34. The summed E-state index contributed by atoms with van der Waals surface area (Å²) in [5.41, 5.74) is -0.713. The maximum atomic E-state index is 14.2. The second-order valence-corrected chi connectivity index (χ2v) is 7.00. The maximum Gasteiger partial charge on any atom is 0.296 e. The van der Waals surface area contributed by atoms with Crippen molar-refractivity contribution in [2.24, 2.45) is 0 Å². The van der Waals surface area contributed by atoms with E-state index in [0.717, 1.165) is 12.3 Å². The van der Waals surface area contributed by atoms with Gasteiger partial charge in [-0.25, -0.2) is 12.8 Å². The van der Waals surface area contributed by atoms with Crippen LogP contribution in [-0.2, 0) is 10.0 Å². The molecule has 0 unspecified atom stereocenters. The summed E-state index contributed by atoms with van der Waals surface area (Å²) >= 11 is 0. The molecule has 2 N–H and O–H groups in total. The van der Waals surface area contributed by atoms with Crippen molar-refractivity contribution in [2.75, 3.05) is 35.5 Å². The van der Waals surface area contributed by atoms with Gasteiger partial charge >= 0.3 is 0 Å². The number of anilines is 2. The molecule has 1 heterocycles. The number of nitro groups is 1. The monoisotopic (exact) mass is 332 g/mol. The standard InChI is InChI=1S/C12H17FN4O4S/c1-8-7-16(4-3-14-8)11-6-10(15-22(2,20)21)12(17(18)19)5-9(11)13/h5-6,8,14-15H,3-4,7H2,1-2H3/t8-/m1/s1. The fraction of sp³-hybridized carbons (Fsp3) is 0.500. The molecule has 0 radical (unpaired) electrons. The summed E-state index contributed by atoms with van der Waals surface area (Å²) in [6.07, 6.45) is 0.882. The predicted molar refractivity (Wildman–Crippen MR) is 81.2 cm³/mol. The maximum absolute atomic E-state index is 14.2. The minimum Gasteiger partial charge on any atom is -0.366 e. The van der Waals surface area contributed by atoms with Gasteiger partial charge in [0.2, 0.25) is 10.0 Å². The average molecular weight is 332 g/mol. The van der Waals surface area contributed by atoms with Gasteiger partial charge in [0.25, 0.3) is 5.69 Å². The summed E-state index contributed by atoms with van der Waals surface area (Å²) < 4.78 is 39.0. The van der Waals surface area contributed by atoms with Crippen LogP contribution in [0, 0.1) is 15.9 Å². The molecule has 1 saturated heterocycles. The van der Waals surface area contributed by atoms with E-state index in [2.05, 4.69) is 10.0 Å². The number of hydrogen-bond donors (Lipinski definition) is 2. The van der Waals surface area contributed by atoms with E-state index in [1.165, 1.54) is 6.07 Å². The van der Waals surface area contributed by atoms with Crippen LogP contribution in [0.2, 0.25) is 0 Å². The van der Waals surface area contributed by atoms with E-state index in [1.807, 2.05) is 6.92 Å². The highest BCUT2D eigenvalue weighted by Gasteiger charge is 2.25. The molecule has 122 valence electrons. The van der Waals surface area contributed by atoms with Gasteiger partial charge in [0.15, 0.2) is 5.82 Å². The van der Waals surface area contributed by atoms with Crippen LogP contribution in [-0.4, -0.2) is 45.3 Å². The van der Waals surface area contributed by atoms with Crippen molar-refractivity contribution >= 4 is 27.1 Å². The molecule has 1 aliphatic heterocycles. The lowest BCUT2D eigenvalue weighted by molar-refractivity contribution is -0.384. The van der Waals surface area contributed by atoms with Crippen LogP contribution in [0.4, 0.5) is 21.5 Å². The van der Waals surface area contributed by atoms with Crippen LogP contribution in [0.25, 0.3) is 0 Å². The minimum atomic E-state index is -3.71. The van der Waals surface area contributed by atoms with Gasteiger partial charge < -0.3 is 10.2 Å². The number of rotatable bonds is 4. The van der Waals surface area contributed by atoms with Crippen LogP contribution in [0.3, 0.4) is 0 Å². The van der Waals surface area contributed by atoms with E-state index >= 15 is 0 Å². The molecule has 0 spiro atoms. The lowest BCUT2D eigenvalue weighted by Crippen LogP contribution is -2.49. The van der Waals surface area contributed by atoms with Crippen molar-refractivity contribution in [1.29, 1.82) is 0 Å². The van der Waals surface area contributed by atoms with Gasteiger partial charge in [-0.3, -0.25) is 14.8 Å². The van der Waals surface area contributed by atoms with E-state index < -0.39 is 26.5 Å². The summed E-state index contributed by atoms with van der Waals surface area (Å²) in [4.78, 5) is 11.9. The van der Waals surface area contributed by atoms with Crippen LogP contribution in [0.5, 0.6) is 0 Å². The third-order valence-electron chi connectivity index (χ3n) is 3.27. The first-order valence-corrected chi connectivity index (χ1v) is 8.50. The molecule has 0 amide bonds. The Morgan fingerprint density at radius 3 is 2.73 bits per heavy atom. The molecular weight excluding hydrogens is 315 g/mol. The molecule has 0 aromatic heterocycles. The molecule has 8 nitrogen and oxygen atoms in total. The predicted octanol–water partition coefficient (Wildman–Crippen LogP) is 0.903. The Hall–Kier alpha value is -1.94. The van der Waals surface area contributed by atoms with Gasteiger partial charge in [-0.2, -0.15) is 0 Å². The molecule has 1 aromatic rings. The Balaban J connectivity index is 2.47. The smallest absolute Gasteiger partial charge is 0.296 e. The lowest BCUT2D eigenvalue weighted by atomic mass is 10.1. The Bertz CT molecular complexity index is 695. The van der Waals surface area contributed by atoms with E-state index in [-0.39, 0.29) is 17.4 Å². The summed E-state index contributed by atoms with van der Waals surface area (Å²) in [7, 11) is -3.71. The number of halogens is 1. The van der Waals surface area contributed by atoms with Gasteiger partial charge in [-0.15, -0.1) is 0 Å². The fourth-order valence-electron chi connectivity index (χ4n) is 2.38. The third kappa shape index (κ3) is 3.83. The highest BCUT2D eigenvalue weighted by molar-refractivity contribution is 7.92.